The Morgan fingerprint density at radius 2 is 1.38 bits per heavy atom. The fraction of sp³-hybridized carbons (Fsp3) is 0. The second-order valence-electron chi connectivity index (χ2n) is 5.27. The molecule has 0 aliphatic rings. The van der Waals surface area contributed by atoms with Crippen molar-refractivity contribution in [3.63, 3.8) is 0 Å². The Kier molecular flexibility index (Phi) is 4.85. The molecule has 3 aromatic carbocycles. The van der Waals surface area contributed by atoms with Crippen molar-refractivity contribution >= 4 is 21.4 Å². The first-order valence-electron chi connectivity index (χ1n) is 7.55. The first kappa shape index (κ1) is 17.4. The molecule has 0 bridgehead atoms. The van der Waals surface area contributed by atoms with Crippen LogP contribution in [0.15, 0.2) is 83.8 Å². The third-order valence-corrected chi connectivity index (χ3v) is 4.84. The van der Waals surface area contributed by atoms with E-state index in [0.29, 0.717) is 11.5 Å². The summed E-state index contributed by atoms with van der Waals surface area (Å²) in [5.74, 6) is 1.10. The normalized spacial score (nSPS) is 10.9. The van der Waals surface area contributed by atoms with Gasteiger partial charge < -0.3 is 4.74 Å². The van der Waals surface area contributed by atoms with Gasteiger partial charge >= 0.3 is 0 Å². The third-order valence-electron chi connectivity index (χ3n) is 3.46. The summed E-state index contributed by atoms with van der Waals surface area (Å²) in [4.78, 5) is 10.3. The van der Waals surface area contributed by atoms with Gasteiger partial charge in [-0.2, -0.15) is 0 Å². The number of hydrogen-bond donors (Lipinski definition) is 1. The van der Waals surface area contributed by atoms with E-state index in [0.717, 1.165) is 0 Å². The van der Waals surface area contributed by atoms with Crippen molar-refractivity contribution < 1.29 is 18.1 Å². The van der Waals surface area contributed by atoms with E-state index in [2.05, 4.69) is 4.72 Å². The molecule has 0 radical (unpaired) electrons. The highest BCUT2D eigenvalue weighted by Crippen LogP contribution is 2.27. The summed E-state index contributed by atoms with van der Waals surface area (Å²) in [7, 11) is -3.97. The minimum Gasteiger partial charge on any atom is -0.457 e. The van der Waals surface area contributed by atoms with E-state index in [9.17, 15) is 18.5 Å². The molecule has 0 amide bonds. The summed E-state index contributed by atoms with van der Waals surface area (Å²) in [5, 5.41) is 11.0. The lowest BCUT2D eigenvalue weighted by atomic mass is 10.3. The monoisotopic (exact) mass is 370 g/mol. The maximum Gasteiger partial charge on any atom is 0.293 e. The predicted molar refractivity (Wildman–Crippen MR) is 96.9 cm³/mol. The largest absolute Gasteiger partial charge is 0.457 e. The maximum atomic E-state index is 12.5. The van der Waals surface area contributed by atoms with Gasteiger partial charge in [0, 0.05) is 6.07 Å². The maximum absolute atomic E-state index is 12.5. The molecule has 8 heteroatoms. The SMILES string of the molecule is O=[N+]([O-])c1ccccc1NS(=O)(=O)c1ccc(Oc2ccccc2)cc1. The molecule has 132 valence electrons. The van der Waals surface area contributed by atoms with E-state index in [1.165, 1.54) is 48.5 Å². The molecule has 0 fully saturated rings. The number of nitro groups is 1. The molecule has 0 aliphatic heterocycles. The molecule has 0 spiro atoms. The Balaban J connectivity index is 1.81. The number of benzene rings is 3. The fourth-order valence-electron chi connectivity index (χ4n) is 2.23. The first-order valence-corrected chi connectivity index (χ1v) is 9.03. The second-order valence-corrected chi connectivity index (χ2v) is 6.95. The van der Waals surface area contributed by atoms with E-state index in [-0.39, 0.29) is 16.3 Å². The number of sulfonamides is 1. The first-order chi connectivity index (χ1) is 12.5. The van der Waals surface area contributed by atoms with Crippen LogP contribution in [-0.4, -0.2) is 13.3 Å². The van der Waals surface area contributed by atoms with Crippen molar-refractivity contribution in [3.05, 3.63) is 89.0 Å². The number of nitrogens with zero attached hydrogens (tertiary/aromatic N) is 1. The molecule has 7 nitrogen and oxygen atoms in total. The fourth-order valence-corrected chi connectivity index (χ4v) is 3.31. The van der Waals surface area contributed by atoms with Crippen LogP contribution in [0.3, 0.4) is 0 Å². The van der Waals surface area contributed by atoms with E-state index < -0.39 is 14.9 Å². The average Bonchev–Trinajstić information content (AvgIpc) is 2.63. The molecule has 3 rings (SSSR count). The van der Waals surface area contributed by atoms with Crippen molar-refractivity contribution in [2.24, 2.45) is 0 Å². The molecule has 3 aromatic rings. The summed E-state index contributed by atoms with van der Waals surface area (Å²) in [6.45, 7) is 0. The van der Waals surface area contributed by atoms with Crippen LogP contribution in [0, 0.1) is 10.1 Å². The lowest BCUT2D eigenvalue weighted by Crippen LogP contribution is -2.13. The molecular weight excluding hydrogens is 356 g/mol. The number of anilines is 1. The Morgan fingerprint density at radius 1 is 0.808 bits per heavy atom. The number of rotatable bonds is 6. The minimum absolute atomic E-state index is 0.0314. The van der Waals surface area contributed by atoms with E-state index in [1.54, 1.807) is 12.1 Å². The minimum atomic E-state index is -3.97. The van der Waals surface area contributed by atoms with Gasteiger partial charge in [-0.05, 0) is 42.5 Å². The number of hydrogen-bond acceptors (Lipinski definition) is 5. The van der Waals surface area contributed by atoms with Gasteiger partial charge in [-0.25, -0.2) is 8.42 Å². The van der Waals surface area contributed by atoms with Crippen LogP contribution < -0.4 is 9.46 Å². The van der Waals surface area contributed by atoms with Gasteiger partial charge in [-0.3, -0.25) is 14.8 Å². The summed E-state index contributed by atoms with van der Waals surface area (Å²) in [5.41, 5.74) is -0.415. The number of nitrogens with one attached hydrogen (secondary N) is 1. The van der Waals surface area contributed by atoms with E-state index >= 15 is 0 Å². The van der Waals surface area contributed by atoms with Crippen molar-refractivity contribution in [3.8, 4) is 11.5 Å². The molecule has 0 saturated heterocycles. The van der Waals surface area contributed by atoms with E-state index in [4.69, 9.17) is 4.74 Å². The predicted octanol–water partition coefficient (Wildman–Crippen LogP) is 4.19. The Labute approximate surface area is 150 Å². The van der Waals surface area contributed by atoms with Crippen LogP contribution in [0.1, 0.15) is 0 Å². The van der Waals surface area contributed by atoms with Gasteiger partial charge in [0.15, 0.2) is 0 Å². The summed E-state index contributed by atoms with van der Waals surface area (Å²) in [6.07, 6.45) is 0. The average molecular weight is 370 g/mol. The van der Waals surface area contributed by atoms with Crippen LogP contribution in [0.4, 0.5) is 11.4 Å². The topological polar surface area (TPSA) is 98.5 Å². The molecule has 26 heavy (non-hydrogen) atoms. The van der Waals surface area contributed by atoms with Gasteiger partial charge in [0.25, 0.3) is 15.7 Å². The number of ether oxygens (including phenoxy) is 1. The highest BCUT2D eigenvalue weighted by atomic mass is 32.2. The molecule has 0 aromatic heterocycles. The molecule has 0 saturated carbocycles. The zero-order valence-electron chi connectivity index (χ0n) is 13.4. The van der Waals surface area contributed by atoms with Gasteiger partial charge in [0.1, 0.15) is 17.2 Å². The van der Waals surface area contributed by atoms with Crippen LogP contribution in [-0.2, 0) is 10.0 Å². The van der Waals surface area contributed by atoms with Gasteiger partial charge in [-0.15, -0.1) is 0 Å². The standard InChI is InChI=1S/C18H14N2O5S/c21-20(22)18-9-5-4-8-17(18)19-26(23,24)16-12-10-15(11-13-16)25-14-6-2-1-3-7-14/h1-13,19H. The molecule has 0 unspecified atom stereocenters. The zero-order chi connectivity index (χ0) is 18.6. The lowest BCUT2D eigenvalue weighted by Gasteiger charge is -2.10. The molecule has 1 N–H and O–H groups in total. The Bertz CT molecular complexity index is 1020. The number of nitro benzene ring substituents is 1. The van der Waals surface area contributed by atoms with Crippen molar-refractivity contribution in [2.45, 2.75) is 4.90 Å². The van der Waals surface area contributed by atoms with Crippen LogP contribution in [0.25, 0.3) is 0 Å². The van der Waals surface area contributed by atoms with Crippen molar-refractivity contribution in [1.82, 2.24) is 0 Å². The molecular formula is C18H14N2O5S. The summed E-state index contributed by atoms with van der Waals surface area (Å²) < 4.78 is 32.8. The highest BCUT2D eigenvalue weighted by Gasteiger charge is 2.20. The molecule has 0 atom stereocenters. The Hall–Kier alpha value is -3.39. The summed E-state index contributed by atoms with van der Waals surface area (Å²) in [6, 6.07) is 20.4. The van der Waals surface area contributed by atoms with Crippen molar-refractivity contribution in [2.75, 3.05) is 4.72 Å². The van der Waals surface area contributed by atoms with Crippen LogP contribution in [0.5, 0.6) is 11.5 Å². The lowest BCUT2D eigenvalue weighted by molar-refractivity contribution is -0.383. The smallest absolute Gasteiger partial charge is 0.293 e. The second kappa shape index (κ2) is 7.24. The van der Waals surface area contributed by atoms with Gasteiger partial charge in [0.2, 0.25) is 0 Å². The third kappa shape index (κ3) is 3.98. The molecule has 0 aliphatic carbocycles. The summed E-state index contributed by atoms with van der Waals surface area (Å²) >= 11 is 0. The zero-order valence-corrected chi connectivity index (χ0v) is 14.2. The van der Waals surface area contributed by atoms with Crippen LogP contribution >= 0.6 is 0 Å². The number of para-hydroxylation sites is 3. The van der Waals surface area contributed by atoms with Crippen molar-refractivity contribution in [1.29, 1.82) is 0 Å². The van der Waals surface area contributed by atoms with Gasteiger partial charge in [-0.1, -0.05) is 30.3 Å². The van der Waals surface area contributed by atoms with Gasteiger partial charge in [0.05, 0.1) is 9.82 Å². The van der Waals surface area contributed by atoms with E-state index in [1.807, 2.05) is 18.2 Å². The van der Waals surface area contributed by atoms with Crippen LogP contribution in [0.2, 0.25) is 0 Å². The molecule has 0 heterocycles. The highest BCUT2D eigenvalue weighted by molar-refractivity contribution is 7.92. The Morgan fingerprint density at radius 3 is 2.04 bits per heavy atom. The quantitative estimate of drug-likeness (QED) is 0.518.